The summed E-state index contributed by atoms with van der Waals surface area (Å²) in [6.45, 7) is 1.51. The van der Waals surface area contributed by atoms with Crippen molar-refractivity contribution in [3.05, 3.63) is 65.2 Å². The molecule has 0 saturated heterocycles. The third-order valence-electron chi connectivity index (χ3n) is 3.36. The molecule has 6 heteroatoms. The molecule has 1 amide bonds. The number of benzene rings is 2. The SMILES string of the molecule is COCc1ccc(C(=O)OCC(=O)c2ccc(NC(C)=O)cc2)cc1. The number of nitrogens with one attached hydrogen (secondary N) is 1. The van der Waals surface area contributed by atoms with Crippen molar-refractivity contribution in [3.63, 3.8) is 0 Å². The summed E-state index contributed by atoms with van der Waals surface area (Å²) < 4.78 is 10.1. The van der Waals surface area contributed by atoms with E-state index in [4.69, 9.17) is 9.47 Å². The smallest absolute Gasteiger partial charge is 0.338 e. The lowest BCUT2D eigenvalue weighted by Crippen LogP contribution is -2.14. The van der Waals surface area contributed by atoms with Gasteiger partial charge in [-0.05, 0) is 42.0 Å². The van der Waals surface area contributed by atoms with E-state index in [2.05, 4.69) is 5.32 Å². The van der Waals surface area contributed by atoms with Crippen LogP contribution in [-0.4, -0.2) is 31.4 Å². The fraction of sp³-hybridized carbons (Fsp3) is 0.211. The van der Waals surface area contributed by atoms with Crippen LogP contribution in [0.25, 0.3) is 0 Å². The maximum atomic E-state index is 12.1. The zero-order valence-corrected chi connectivity index (χ0v) is 14.1. The van der Waals surface area contributed by atoms with Gasteiger partial charge in [-0.2, -0.15) is 0 Å². The van der Waals surface area contributed by atoms with Gasteiger partial charge in [0.1, 0.15) is 0 Å². The van der Waals surface area contributed by atoms with Crippen LogP contribution in [0.3, 0.4) is 0 Å². The standard InChI is InChI=1S/C19H19NO5/c1-13(21)20-17-9-7-15(8-10-17)18(22)12-25-19(23)16-5-3-14(4-6-16)11-24-2/h3-10H,11-12H2,1-2H3,(H,20,21). The molecule has 130 valence electrons. The molecule has 2 aromatic carbocycles. The Hall–Kier alpha value is -2.99. The highest BCUT2D eigenvalue weighted by molar-refractivity contribution is 6.00. The number of ether oxygens (including phenoxy) is 2. The van der Waals surface area contributed by atoms with Gasteiger partial charge in [0.05, 0.1) is 12.2 Å². The van der Waals surface area contributed by atoms with E-state index in [1.54, 1.807) is 55.6 Å². The van der Waals surface area contributed by atoms with Crippen molar-refractivity contribution in [2.75, 3.05) is 19.0 Å². The number of hydrogen-bond donors (Lipinski definition) is 1. The van der Waals surface area contributed by atoms with Crippen molar-refractivity contribution in [2.45, 2.75) is 13.5 Å². The minimum Gasteiger partial charge on any atom is -0.454 e. The summed E-state index contributed by atoms with van der Waals surface area (Å²) in [6, 6.07) is 13.2. The van der Waals surface area contributed by atoms with Crippen LogP contribution in [0.1, 0.15) is 33.2 Å². The first-order valence-electron chi connectivity index (χ1n) is 7.65. The number of rotatable bonds is 7. The maximum absolute atomic E-state index is 12.1. The summed E-state index contributed by atoms with van der Waals surface area (Å²) in [7, 11) is 1.59. The van der Waals surface area contributed by atoms with Gasteiger partial charge in [-0.25, -0.2) is 4.79 Å². The number of hydrogen-bond acceptors (Lipinski definition) is 5. The van der Waals surface area contributed by atoms with E-state index in [1.807, 2.05) is 0 Å². The monoisotopic (exact) mass is 341 g/mol. The summed E-state index contributed by atoms with van der Waals surface area (Å²) in [5.74, 6) is -1.07. The number of amides is 1. The molecule has 0 saturated carbocycles. The Balaban J connectivity index is 1.90. The summed E-state index contributed by atoms with van der Waals surface area (Å²) in [5, 5.41) is 2.61. The molecule has 0 radical (unpaired) electrons. The topological polar surface area (TPSA) is 81.7 Å². The molecule has 0 bridgehead atoms. The second kappa shape index (κ2) is 8.75. The van der Waals surface area contributed by atoms with Crippen LogP contribution in [0.15, 0.2) is 48.5 Å². The number of anilines is 1. The van der Waals surface area contributed by atoms with Crippen molar-refractivity contribution in [1.29, 1.82) is 0 Å². The van der Waals surface area contributed by atoms with Crippen LogP contribution >= 0.6 is 0 Å². The predicted octanol–water partition coefficient (Wildman–Crippen LogP) is 2.83. The maximum Gasteiger partial charge on any atom is 0.338 e. The molecule has 6 nitrogen and oxygen atoms in total. The highest BCUT2D eigenvalue weighted by atomic mass is 16.5. The Morgan fingerprint density at radius 1 is 0.920 bits per heavy atom. The Kier molecular flexibility index (Phi) is 6.42. The van der Waals surface area contributed by atoms with Gasteiger partial charge in [-0.3, -0.25) is 9.59 Å². The molecule has 0 atom stereocenters. The fourth-order valence-electron chi connectivity index (χ4n) is 2.14. The van der Waals surface area contributed by atoms with Gasteiger partial charge in [0, 0.05) is 25.3 Å². The summed E-state index contributed by atoms with van der Waals surface area (Å²) in [5.41, 5.74) is 2.30. The average Bonchev–Trinajstić information content (AvgIpc) is 2.60. The van der Waals surface area contributed by atoms with Gasteiger partial charge >= 0.3 is 5.97 Å². The van der Waals surface area contributed by atoms with Crippen molar-refractivity contribution in [3.8, 4) is 0 Å². The third kappa shape index (κ3) is 5.54. The number of ketones is 1. The van der Waals surface area contributed by atoms with Crippen molar-refractivity contribution in [1.82, 2.24) is 0 Å². The lowest BCUT2D eigenvalue weighted by Gasteiger charge is -2.06. The normalized spacial score (nSPS) is 10.2. The zero-order valence-electron chi connectivity index (χ0n) is 14.1. The van der Waals surface area contributed by atoms with E-state index >= 15 is 0 Å². The number of Topliss-reactive ketones (excluding diaryl/α,β-unsaturated/α-hetero) is 1. The van der Waals surface area contributed by atoms with Crippen LogP contribution in [0.2, 0.25) is 0 Å². The average molecular weight is 341 g/mol. The lowest BCUT2D eigenvalue weighted by molar-refractivity contribution is -0.114. The molecule has 0 aliphatic heterocycles. The molecule has 25 heavy (non-hydrogen) atoms. The highest BCUT2D eigenvalue weighted by Gasteiger charge is 2.12. The minimum atomic E-state index is -0.563. The quantitative estimate of drug-likeness (QED) is 0.618. The molecule has 0 aliphatic rings. The minimum absolute atomic E-state index is 0.190. The molecular formula is C19H19NO5. The lowest BCUT2D eigenvalue weighted by atomic mass is 10.1. The van der Waals surface area contributed by atoms with Gasteiger partial charge in [0.2, 0.25) is 5.91 Å². The number of carbonyl (C=O) groups is 3. The Morgan fingerprint density at radius 3 is 2.08 bits per heavy atom. The molecule has 2 aromatic rings. The number of esters is 1. The molecule has 1 N–H and O–H groups in total. The van der Waals surface area contributed by atoms with Crippen molar-refractivity contribution >= 4 is 23.3 Å². The van der Waals surface area contributed by atoms with E-state index in [-0.39, 0.29) is 18.3 Å². The van der Waals surface area contributed by atoms with Crippen molar-refractivity contribution < 1.29 is 23.9 Å². The second-order valence-corrected chi connectivity index (χ2v) is 5.39. The molecule has 0 fully saturated rings. The summed E-state index contributed by atoms with van der Waals surface area (Å²) >= 11 is 0. The number of carbonyl (C=O) groups excluding carboxylic acids is 3. The van der Waals surface area contributed by atoms with Crippen LogP contribution in [-0.2, 0) is 20.9 Å². The molecule has 2 rings (SSSR count). The van der Waals surface area contributed by atoms with Gasteiger partial charge in [0.15, 0.2) is 12.4 Å². The zero-order chi connectivity index (χ0) is 18.2. The molecule has 0 spiro atoms. The molecule has 0 unspecified atom stereocenters. The van der Waals surface area contributed by atoms with Crippen LogP contribution in [0, 0.1) is 0 Å². The van der Waals surface area contributed by atoms with Crippen LogP contribution < -0.4 is 5.32 Å². The Labute approximate surface area is 145 Å². The third-order valence-corrected chi connectivity index (χ3v) is 3.36. The van der Waals surface area contributed by atoms with Gasteiger partial charge in [0.25, 0.3) is 0 Å². The molecular weight excluding hydrogens is 322 g/mol. The predicted molar refractivity (Wildman–Crippen MR) is 92.5 cm³/mol. The van der Waals surface area contributed by atoms with Crippen molar-refractivity contribution in [2.24, 2.45) is 0 Å². The van der Waals surface area contributed by atoms with Crippen LogP contribution in [0.5, 0.6) is 0 Å². The summed E-state index contributed by atoms with van der Waals surface area (Å²) in [4.78, 5) is 35.0. The fourth-order valence-corrected chi connectivity index (χ4v) is 2.14. The van der Waals surface area contributed by atoms with Crippen LogP contribution in [0.4, 0.5) is 5.69 Å². The first-order valence-corrected chi connectivity index (χ1v) is 7.65. The molecule has 0 heterocycles. The second-order valence-electron chi connectivity index (χ2n) is 5.39. The largest absolute Gasteiger partial charge is 0.454 e. The molecule has 0 aliphatic carbocycles. The van der Waals surface area contributed by atoms with E-state index in [1.165, 1.54) is 6.92 Å². The Bertz CT molecular complexity index is 750. The highest BCUT2D eigenvalue weighted by Crippen LogP contribution is 2.11. The first kappa shape index (κ1) is 18.4. The van der Waals surface area contributed by atoms with Gasteiger partial charge in [-0.15, -0.1) is 0 Å². The van der Waals surface area contributed by atoms with Gasteiger partial charge < -0.3 is 14.8 Å². The van der Waals surface area contributed by atoms with Gasteiger partial charge in [-0.1, -0.05) is 12.1 Å². The molecule has 0 aromatic heterocycles. The van der Waals surface area contributed by atoms with E-state index < -0.39 is 5.97 Å². The van der Waals surface area contributed by atoms with E-state index in [9.17, 15) is 14.4 Å². The van der Waals surface area contributed by atoms with E-state index in [0.717, 1.165) is 5.56 Å². The number of methoxy groups -OCH3 is 1. The Morgan fingerprint density at radius 2 is 1.52 bits per heavy atom. The summed E-state index contributed by atoms with van der Waals surface area (Å²) in [6.07, 6.45) is 0. The first-order chi connectivity index (χ1) is 12.0. The van der Waals surface area contributed by atoms with E-state index in [0.29, 0.717) is 23.4 Å².